The van der Waals surface area contributed by atoms with Gasteiger partial charge in [-0.25, -0.2) is 14.4 Å². The van der Waals surface area contributed by atoms with E-state index in [1.165, 1.54) is 23.9 Å². The van der Waals surface area contributed by atoms with E-state index in [1.54, 1.807) is 37.7 Å². The molecule has 0 unspecified atom stereocenters. The van der Waals surface area contributed by atoms with Crippen molar-refractivity contribution in [3.05, 3.63) is 70.7 Å². The van der Waals surface area contributed by atoms with E-state index in [0.29, 0.717) is 28.2 Å². The Morgan fingerprint density at radius 3 is 2.61 bits per heavy atom. The Hall–Kier alpha value is -3.17. The zero-order valence-electron chi connectivity index (χ0n) is 16.8. The number of hydrogen-bond acceptors (Lipinski definition) is 7. The molecule has 0 aliphatic rings. The number of H-pyrrole nitrogens is 1. The van der Waals surface area contributed by atoms with Crippen molar-refractivity contribution in [1.29, 1.82) is 0 Å². The van der Waals surface area contributed by atoms with Crippen LogP contribution in [0.3, 0.4) is 0 Å². The molecule has 0 radical (unpaired) electrons. The van der Waals surface area contributed by atoms with Crippen molar-refractivity contribution in [1.82, 2.24) is 20.2 Å². The third-order valence-corrected chi connectivity index (χ3v) is 6.14. The second kappa shape index (κ2) is 9.76. The van der Waals surface area contributed by atoms with Gasteiger partial charge in [0.05, 0.1) is 19.9 Å². The summed E-state index contributed by atoms with van der Waals surface area (Å²) in [5.41, 5.74) is 2.81. The molecule has 0 atom stereocenters. The standard InChI is InChI=1S/C22H19FN4O2S2/c1-28-18-9-6-15(11-19(18)29-2)21-24-17(12-30-21)13-31-22-25-20(26-27-22)10-5-14-3-7-16(23)8-4-14/h3-12H,13H2,1-2H3,(H,25,26,27). The average Bonchev–Trinajstić information content (AvgIpc) is 3.46. The van der Waals surface area contributed by atoms with Crippen LogP contribution in [-0.4, -0.2) is 34.4 Å². The maximum Gasteiger partial charge on any atom is 0.209 e. The third kappa shape index (κ3) is 5.31. The van der Waals surface area contributed by atoms with E-state index >= 15 is 0 Å². The molecular weight excluding hydrogens is 435 g/mol. The molecule has 158 valence electrons. The van der Waals surface area contributed by atoms with Gasteiger partial charge in [-0.3, -0.25) is 5.10 Å². The quantitative estimate of drug-likeness (QED) is 0.352. The van der Waals surface area contributed by atoms with Gasteiger partial charge in [0.25, 0.3) is 0 Å². The van der Waals surface area contributed by atoms with Gasteiger partial charge in [-0.15, -0.1) is 16.4 Å². The molecule has 0 aliphatic carbocycles. The second-order valence-corrected chi connectivity index (χ2v) is 8.19. The molecule has 0 bridgehead atoms. The SMILES string of the molecule is COc1ccc(-c2nc(CSc3n[nH]c(C=Cc4ccc(F)cc4)n3)cs2)cc1OC. The highest BCUT2D eigenvalue weighted by atomic mass is 32.2. The van der Waals surface area contributed by atoms with E-state index in [2.05, 4.69) is 15.2 Å². The Morgan fingerprint density at radius 2 is 1.84 bits per heavy atom. The Labute approximate surface area is 187 Å². The monoisotopic (exact) mass is 454 g/mol. The summed E-state index contributed by atoms with van der Waals surface area (Å²) in [5, 5.41) is 10.7. The van der Waals surface area contributed by atoms with Gasteiger partial charge < -0.3 is 9.47 Å². The second-order valence-electron chi connectivity index (χ2n) is 6.39. The smallest absolute Gasteiger partial charge is 0.209 e. The van der Waals surface area contributed by atoms with E-state index < -0.39 is 0 Å². The topological polar surface area (TPSA) is 72.9 Å². The number of aromatic amines is 1. The van der Waals surface area contributed by atoms with Gasteiger partial charge in [-0.05, 0) is 42.0 Å². The third-order valence-electron chi connectivity index (χ3n) is 4.32. The maximum absolute atomic E-state index is 13.0. The molecule has 6 nitrogen and oxygen atoms in total. The highest BCUT2D eigenvalue weighted by molar-refractivity contribution is 7.98. The van der Waals surface area contributed by atoms with Gasteiger partial charge in [0.2, 0.25) is 5.16 Å². The molecule has 0 spiro atoms. The van der Waals surface area contributed by atoms with Gasteiger partial charge in [0, 0.05) is 16.7 Å². The fourth-order valence-corrected chi connectivity index (χ4v) is 4.38. The lowest BCUT2D eigenvalue weighted by molar-refractivity contribution is 0.355. The summed E-state index contributed by atoms with van der Waals surface area (Å²) in [6, 6.07) is 12.0. The lowest BCUT2D eigenvalue weighted by atomic mass is 10.2. The first-order valence-corrected chi connectivity index (χ1v) is 11.2. The van der Waals surface area contributed by atoms with E-state index in [1.807, 2.05) is 35.7 Å². The zero-order chi connectivity index (χ0) is 21.6. The van der Waals surface area contributed by atoms with Gasteiger partial charge >= 0.3 is 0 Å². The van der Waals surface area contributed by atoms with E-state index in [-0.39, 0.29) is 5.82 Å². The van der Waals surface area contributed by atoms with E-state index in [4.69, 9.17) is 14.5 Å². The van der Waals surface area contributed by atoms with Crippen LogP contribution < -0.4 is 9.47 Å². The molecule has 0 fully saturated rings. The molecule has 1 N–H and O–H groups in total. The number of thioether (sulfide) groups is 1. The summed E-state index contributed by atoms with van der Waals surface area (Å²) in [4.78, 5) is 9.15. The Balaban J connectivity index is 1.37. The van der Waals surface area contributed by atoms with Gasteiger partial charge in [-0.2, -0.15) is 0 Å². The number of aromatic nitrogens is 4. The van der Waals surface area contributed by atoms with Crippen LogP contribution in [0.2, 0.25) is 0 Å². The number of hydrogen-bond donors (Lipinski definition) is 1. The molecule has 2 heterocycles. The summed E-state index contributed by atoms with van der Waals surface area (Å²) in [6.07, 6.45) is 3.66. The maximum atomic E-state index is 13.0. The summed E-state index contributed by atoms with van der Waals surface area (Å²) in [7, 11) is 3.23. The number of nitrogens with one attached hydrogen (secondary N) is 1. The first-order chi connectivity index (χ1) is 15.1. The molecule has 0 saturated carbocycles. The first kappa shape index (κ1) is 21.1. The van der Waals surface area contributed by atoms with Crippen molar-refractivity contribution in [3.63, 3.8) is 0 Å². The number of ether oxygens (including phenoxy) is 2. The summed E-state index contributed by atoms with van der Waals surface area (Å²) >= 11 is 3.08. The van der Waals surface area contributed by atoms with Crippen molar-refractivity contribution < 1.29 is 13.9 Å². The van der Waals surface area contributed by atoms with E-state index in [9.17, 15) is 4.39 Å². The van der Waals surface area contributed by atoms with Crippen molar-refractivity contribution in [2.45, 2.75) is 10.9 Å². The van der Waals surface area contributed by atoms with Crippen LogP contribution in [0.5, 0.6) is 11.5 Å². The Bertz CT molecular complexity index is 1190. The van der Waals surface area contributed by atoms with Crippen LogP contribution in [0.15, 0.2) is 53.0 Å². The number of benzene rings is 2. The van der Waals surface area contributed by atoms with Crippen LogP contribution in [0.25, 0.3) is 22.7 Å². The highest BCUT2D eigenvalue weighted by Gasteiger charge is 2.11. The lowest BCUT2D eigenvalue weighted by Crippen LogP contribution is -1.91. The lowest BCUT2D eigenvalue weighted by Gasteiger charge is -2.08. The van der Waals surface area contributed by atoms with Crippen molar-refractivity contribution >= 4 is 35.3 Å². The Morgan fingerprint density at radius 1 is 1.03 bits per heavy atom. The Kier molecular flexibility index (Phi) is 6.63. The van der Waals surface area contributed by atoms with Crippen LogP contribution in [0.1, 0.15) is 17.1 Å². The first-order valence-electron chi connectivity index (χ1n) is 9.30. The molecule has 0 aliphatic heterocycles. The number of thiazole rings is 1. The van der Waals surface area contributed by atoms with Crippen molar-refractivity contribution in [3.8, 4) is 22.1 Å². The molecule has 4 rings (SSSR count). The molecular formula is C22H19FN4O2S2. The minimum absolute atomic E-state index is 0.258. The summed E-state index contributed by atoms with van der Waals surface area (Å²) in [5.74, 6) is 2.39. The predicted octanol–water partition coefficient (Wildman–Crippen LogP) is 5.55. The molecule has 0 saturated heterocycles. The fourth-order valence-electron chi connectivity index (χ4n) is 2.76. The van der Waals surface area contributed by atoms with Crippen LogP contribution >= 0.6 is 23.1 Å². The molecule has 0 amide bonds. The fraction of sp³-hybridized carbons (Fsp3) is 0.136. The summed E-state index contributed by atoms with van der Waals surface area (Å²) in [6.45, 7) is 0. The largest absolute Gasteiger partial charge is 0.493 e. The van der Waals surface area contributed by atoms with Gasteiger partial charge in [-0.1, -0.05) is 30.0 Å². The van der Waals surface area contributed by atoms with Crippen molar-refractivity contribution in [2.75, 3.05) is 14.2 Å². The van der Waals surface area contributed by atoms with Crippen LogP contribution in [0, 0.1) is 5.82 Å². The highest BCUT2D eigenvalue weighted by Crippen LogP contribution is 2.34. The predicted molar refractivity (Wildman–Crippen MR) is 122 cm³/mol. The zero-order valence-corrected chi connectivity index (χ0v) is 18.5. The molecule has 2 aromatic heterocycles. The van der Waals surface area contributed by atoms with Crippen molar-refractivity contribution in [2.24, 2.45) is 0 Å². The van der Waals surface area contributed by atoms with Gasteiger partial charge in [0.15, 0.2) is 11.5 Å². The van der Waals surface area contributed by atoms with E-state index in [0.717, 1.165) is 21.8 Å². The molecule has 2 aromatic carbocycles. The molecule has 31 heavy (non-hydrogen) atoms. The summed E-state index contributed by atoms with van der Waals surface area (Å²) < 4.78 is 23.6. The number of rotatable bonds is 8. The molecule has 9 heteroatoms. The molecule has 4 aromatic rings. The average molecular weight is 455 g/mol. The number of halogens is 1. The van der Waals surface area contributed by atoms with Gasteiger partial charge in [0.1, 0.15) is 16.6 Å². The minimum atomic E-state index is -0.258. The van der Waals surface area contributed by atoms with Crippen LogP contribution in [0.4, 0.5) is 4.39 Å². The number of nitrogens with zero attached hydrogens (tertiary/aromatic N) is 3. The normalized spacial score (nSPS) is 11.2. The van der Waals surface area contributed by atoms with Crippen LogP contribution in [-0.2, 0) is 5.75 Å². The number of methoxy groups -OCH3 is 2. The minimum Gasteiger partial charge on any atom is -0.493 e.